The van der Waals surface area contributed by atoms with E-state index in [9.17, 15) is 14.4 Å². The molecule has 1 N–H and O–H groups in total. The Morgan fingerprint density at radius 2 is 2.12 bits per heavy atom. The molecule has 88 valence electrons. The van der Waals surface area contributed by atoms with Crippen LogP contribution in [-0.4, -0.2) is 20.2 Å². The van der Waals surface area contributed by atoms with Crippen molar-refractivity contribution in [1.29, 1.82) is 0 Å². The number of aliphatic carboxylic acids is 1. The molecule has 6 nitrogen and oxygen atoms in total. The van der Waals surface area contributed by atoms with Crippen LogP contribution < -0.4 is 11.2 Å². The predicted molar refractivity (Wildman–Crippen MR) is 57.6 cm³/mol. The van der Waals surface area contributed by atoms with Crippen LogP contribution in [0.1, 0.15) is 26.3 Å². The van der Waals surface area contributed by atoms with E-state index in [2.05, 4.69) is 0 Å². The number of nitrogens with zero attached hydrogens (tertiary/aromatic N) is 2. The molecule has 16 heavy (non-hydrogen) atoms. The molecule has 0 saturated heterocycles. The van der Waals surface area contributed by atoms with Crippen molar-refractivity contribution < 1.29 is 9.90 Å². The molecule has 1 aromatic rings. The molecule has 0 aliphatic heterocycles. The lowest BCUT2D eigenvalue weighted by molar-refractivity contribution is -0.140. The molecular weight excluding hydrogens is 212 g/mol. The Hall–Kier alpha value is -1.85. The first-order valence-electron chi connectivity index (χ1n) is 5.03. The Labute approximate surface area is 91.8 Å². The third-order valence-electron chi connectivity index (χ3n) is 2.30. The van der Waals surface area contributed by atoms with E-state index in [1.165, 1.54) is 23.8 Å². The number of carboxylic acids is 1. The molecule has 0 aliphatic rings. The van der Waals surface area contributed by atoms with Crippen LogP contribution in [0.25, 0.3) is 0 Å². The van der Waals surface area contributed by atoms with Gasteiger partial charge in [0.2, 0.25) is 0 Å². The maximum Gasteiger partial charge on any atom is 0.331 e. The van der Waals surface area contributed by atoms with Crippen LogP contribution in [0.4, 0.5) is 0 Å². The second kappa shape index (κ2) is 4.78. The fourth-order valence-corrected chi connectivity index (χ4v) is 1.41. The standard InChI is InChI=1S/C10H14N2O4/c1-3-5-11-6-4-8(13)12(10(11)16)7(2)9(14)15/h4,6-7H,3,5H2,1-2H3,(H,14,15). The Morgan fingerprint density at radius 1 is 1.50 bits per heavy atom. The zero-order valence-corrected chi connectivity index (χ0v) is 9.21. The Morgan fingerprint density at radius 3 is 2.62 bits per heavy atom. The van der Waals surface area contributed by atoms with Crippen LogP contribution in [0.3, 0.4) is 0 Å². The minimum absolute atomic E-state index is 0.464. The minimum atomic E-state index is -1.20. The van der Waals surface area contributed by atoms with Gasteiger partial charge in [-0.3, -0.25) is 4.79 Å². The smallest absolute Gasteiger partial charge is 0.331 e. The van der Waals surface area contributed by atoms with Gasteiger partial charge in [0.15, 0.2) is 0 Å². The van der Waals surface area contributed by atoms with E-state index in [0.29, 0.717) is 6.54 Å². The molecular formula is C10H14N2O4. The normalized spacial score (nSPS) is 12.4. The summed E-state index contributed by atoms with van der Waals surface area (Å²) in [7, 11) is 0. The summed E-state index contributed by atoms with van der Waals surface area (Å²) in [5, 5.41) is 8.80. The molecule has 1 heterocycles. The van der Waals surface area contributed by atoms with Crippen LogP contribution in [0.5, 0.6) is 0 Å². The summed E-state index contributed by atoms with van der Waals surface area (Å²) >= 11 is 0. The summed E-state index contributed by atoms with van der Waals surface area (Å²) in [5.74, 6) is -1.20. The van der Waals surface area contributed by atoms with Crippen LogP contribution in [0, 0.1) is 0 Å². The average Bonchev–Trinajstić information content (AvgIpc) is 2.22. The topological polar surface area (TPSA) is 81.3 Å². The molecule has 0 radical (unpaired) electrons. The number of aromatic nitrogens is 2. The quantitative estimate of drug-likeness (QED) is 0.787. The van der Waals surface area contributed by atoms with Crippen molar-refractivity contribution in [2.45, 2.75) is 32.9 Å². The summed E-state index contributed by atoms with van der Waals surface area (Å²) in [6, 6.07) is 0.0561. The van der Waals surface area contributed by atoms with Gasteiger partial charge in [0.25, 0.3) is 5.56 Å². The fourth-order valence-electron chi connectivity index (χ4n) is 1.41. The number of hydrogen-bond donors (Lipinski definition) is 1. The second-order valence-corrected chi connectivity index (χ2v) is 3.51. The number of hydrogen-bond acceptors (Lipinski definition) is 3. The van der Waals surface area contributed by atoms with E-state index in [-0.39, 0.29) is 0 Å². The summed E-state index contributed by atoms with van der Waals surface area (Å²) in [6.07, 6.45) is 2.12. The maximum absolute atomic E-state index is 11.8. The maximum atomic E-state index is 11.8. The van der Waals surface area contributed by atoms with Gasteiger partial charge in [-0.05, 0) is 13.3 Å². The molecule has 1 unspecified atom stereocenters. The Kier molecular flexibility index (Phi) is 3.65. The molecule has 0 bridgehead atoms. The molecule has 0 aromatic carbocycles. The van der Waals surface area contributed by atoms with E-state index < -0.39 is 23.3 Å². The monoisotopic (exact) mass is 226 g/mol. The highest BCUT2D eigenvalue weighted by atomic mass is 16.4. The van der Waals surface area contributed by atoms with Crippen molar-refractivity contribution in [1.82, 2.24) is 9.13 Å². The number of rotatable bonds is 4. The number of carbonyl (C=O) groups is 1. The summed E-state index contributed by atoms with van der Waals surface area (Å²) in [4.78, 5) is 34.0. The first kappa shape index (κ1) is 12.2. The Bertz CT molecular complexity index is 500. The second-order valence-electron chi connectivity index (χ2n) is 3.51. The van der Waals surface area contributed by atoms with Gasteiger partial charge in [0.05, 0.1) is 0 Å². The van der Waals surface area contributed by atoms with Gasteiger partial charge in [0.1, 0.15) is 6.04 Å². The number of aryl methyl sites for hydroxylation is 1. The lowest BCUT2D eigenvalue weighted by Gasteiger charge is -2.11. The van der Waals surface area contributed by atoms with E-state index in [1.54, 1.807) is 0 Å². The van der Waals surface area contributed by atoms with Gasteiger partial charge >= 0.3 is 11.7 Å². The third-order valence-corrected chi connectivity index (χ3v) is 2.30. The van der Waals surface area contributed by atoms with Crippen molar-refractivity contribution in [2.75, 3.05) is 0 Å². The zero-order chi connectivity index (χ0) is 12.3. The molecule has 0 amide bonds. The van der Waals surface area contributed by atoms with Crippen LogP contribution >= 0.6 is 0 Å². The highest BCUT2D eigenvalue weighted by Gasteiger charge is 2.18. The van der Waals surface area contributed by atoms with E-state index in [4.69, 9.17) is 5.11 Å². The van der Waals surface area contributed by atoms with Crippen LogP contribution in [-0.2, 0) is 11.3 Å². The molecule has 0 fully saturated rings. The van der Waals surface area contributed by atoms with E-state index in [0.717, 1.165) is 11.0 Å². The Balaban J connectivity index is 3.38. The molecule has 1 atom stereocenters. The molecule has 0 saturated carbocycles. The van der Waals surface area contributed by atoms with E-state index >= 15 is 0 Å². The first-order valence-corrected chi connectivity index (χ1v) is 5.03. The minimum Gasteiger partial charge on any atom is -0.480 e. The predicted octanol–water partition coefficient (Wildman–Crippen LogP) is 0.0656. The largest absolute Gasteiger partial charge is 0.480 e. The molecule has 1 rings (SSSR count). The van der Waals surface area contributed by atoms with Crippen LogP contribution in [0.15, 0.2) is 21.9 Å². The van der Waals surface area contributed by atoms with Gasteiger partial charge in [-0.1, -0.05) is 6.92 Å². The summed E-state index contributed by atoms with van der Waals surface area (Å²) in [5.41, 5.74) is -1.17. The average molecular weight is 226 g/mol. The molecule has 0 spiro atoms. The van der Waals surface area contributed by atoms with Crippen LogP contribution in [0.2, 0.25) is 0 Å². The van der Waals surface area contributed by atoms with Gasteiger partial charge in [0, 0.05) is 18.8 Å². The van der Waals surface area contributed by atoms with Gasteiger partial charge in [-0.2, -0.15) is 0 Å². The zero-order valence-electron chi connectivity index (χ0n) is 9.21. The number of carboxylic acid groups (broad SMARTS) is 1. The summed E-state index contributed by atoms with van der Waals surface area (Å²) in [6.45, 7) is 3.66. The van der Waals surface area contributed by atoms with E-state index in [1.807, 2.05) is 6.92 Å². The van der Waals surface area contributed by atoms with Gasteiger partial charge in [-0.15, -0.1) is 0 Å². The third kappa shape index (κ3) is 2.21. The molecule has 1 aromatic heterocycles. The summed E-state index contributed by atoms with van der Waals surface area (Å²) < 4.78 is 2.08. The lowest BCUT2D eigenvalue weighted by atomic mass is 10.3. The fraction of sp³-hybridized carbons (Fsp3) is 0.500. The molecule has 0 aliphatic carbocycles. The highest BCUT2D eigenvalue weighted by Crippen LogP contribution is 1.97. The van der Waals surface area contributed by atoms with Crippen molar-refractivity contribution in [3.05, 3.63) is 33.1 Å². The molecule has 6 heteroatoms. The SMILES string of the molecule is CCCn1ccc(=O)n(C(C)C(=O)O)c1=O. The van der Waals surface area contributed by atoms with Crippen molar-refractivity contribution in [3.63, 3.8) is 0 Å². The highest BCUT2D eigenvalue weighted by molar-refractivity contribution is 5.71. The van der Waals surface area contributed by atoms with Gasteiger partial charge < -0.3 is 9.67 Å². The van der Waals surface area contributed by atoms with Crippen molar-refractivity contribution >= 4 is 5.97 Å². The lowest BCUT2D eigenvalue weighted by Crippen LogP contribution is -2.42. The van der Waals surface area contributed by atoms with Crippen molar-refractivity contribution in [2.24, 2.45) is 0 Å². The van der Waals surface area contributed by atoms with Gasteiger partial charge in [-0.25, -0.2) is 14.2 Å². The van der Waals surface area contributed by atoms with Crippen molar-refractivity contribution in [3.8, 4) is 0 Å². The first-order chi connectivity index (χ1) is 7.49.